The van der Waals surface area contributed by atoms with Crippen LogP contribution in [-0.2, 0) is 10.0 Å². The van der Waals surface area contributed by atoms with Gasteiger partial charge in [-0.25, -0.2) is 13.6 Å². The minimum Gasteiger partial charge on any atom is -0.367 e. The molecule has 1 aromatic carbocycles. The molecule has 5 nitrogen and oxygen atoms in total. The van der Waals surface area contributed by atoms with Gasteiger partial charge in [0.1, 0.15) is 0 Å². The molecule has 0 aromatic heterocycles. The minimum atomic E-state index is -3.61. The first-order valence-corrected chi connectivity index (χ1v) is 8.67. The average Bonchev–Trinajstić information content (AvgIpc) is 2.45. The second kappa shape index (κ2) is 6.56. The van der Waals surface area contributed by atoms with Crippen molar-refractivity contribution in [1.82, 2.24) is 5.32 Å². The first-order chi connectivity index (χ1) is 9.52. The van der Waals surface area contributed by atoms with E-state index in [-0.39, 0.29) is 4.90 Å². The second-order valence-electron chi connectivity index (χ2n) is 5.23. The van der Waals surface area contributed by atoms with Gasteiger partial charge in [0.2, 0.25) is 10.0 Å². The summed E-state index contributed by atoms with van der Waals surface area (Å²) in [4.78, 5) is 2.53. The Kier molecular flexibility index (Phi) is 5.01. The van der Waals surface area contributed by atoms with Crippen molar-refractivity contribution in [2.24, 2.45) is 5.14 Å². The quantitative estimate of drug-likeness (QED) is 0.859. The van der Waals surface area contributed by atoms with Crippen molar-refractivity contribution in [2.75, 3.05) is 24.5 Å². The molecule has 0 aliphatic carbocycles. The zero-order valence-electron chi connectivity index (χ0n) is 11.9. The zero-order chi connectivity index (χ0) is 14.6. The van der Waals surface area contributed by atoms with Crippen molar-refractivity contribution in [2.45, 2.75) is 37.1 Å². The molecule has 1 atom stereocenters. The fourth-order valence-electron chi connectivity index (χ4n) is 2.69. The fraction of sp³-hybridized carbons (Fsp3) is 0.571. The lowest BCUT2D eigenvalue weighted by Gasteiger charge is -2.36. The normalized spacial score (nSPS) is 19.8. The van der Waals surface area contributed by atoms with E-state index in [0.29, 0.717) is 6.04 Å². The summed E-state index contributed by atoms with van der Waals surface area (Å²) < 4.78 is 22.6. The van der Waals surface area contributed by atoms with E-state index in [1.54, 1.807) is 12.1 Å². The summed E-state index contributed by atoms with van der Waals surface area (Å²) >= 11 is 0. The van der Waals surface area contributed by atoms with Crippen LogP contribution in [0.1, 0.15) is 26.2 Å². The van der Waals surface area contributed by atoms with Gasteiger partial charge in [-0.1, -0.05) is 6.92 Å². The molecule has 0 saturated carbocycles. The van der Waals surface area contributed by atoms with Crippen molar-refractivity contribution in [3.8, 4) is 0 Å². The number of anilines is 1. The van der Waals surface area contributed by atoms with Crippen LogP contribution < -0.4 is 15.4 Å². The van der Waals surface area contributed by atoms with Gasteiger partial charge >= 0.3 is 0 Å². The van der Waals surface area contributed by atoms with Crippen LogP contribution in [0.3, 0.4) is 0 Å². The fourth-order valence-corrected chi connectivity index (χ4v) is 3.21. The van der Waals surface area contributed by atoms with Crippen LogP contribution in [0.5, 0.6) is 0 Å². The summed E-state index contributed by atoms with van der Waals surface area (Å²) in [5, 5.41) is 8.55. The summed E-state index contributed by atoms with van der Waals surface area (Å²) in [7, 11) is -3.61. The van der Waals surface area contributed by atoms with Crippen molar-refractivity contribution >= 4 is 15.7 Å². The molecule has 6 heteroatoms. The molecule has 0 bridgehead atoms. The SMILES string of the molecule is CCCN(c1ccc(S(N)(=O)=O)cc1)C1CCCNC1. The maximum Gasteiger partial charge on any atom is 0.238 e. The third-order valence-corrected chi connectivity index (χ3v) is 4.60. The van der Waals surface area contributed by atoms with Gasteiger partial charge in [-0.05, 0) is 50.1 Å². The molecular formula is C14H23N3O2S. The summed E-state index contributed by atoms with van der Waals surface area (Å²) in [6, 6.07) is 7.35. The lowest BCUT2D eigenvalue weighted by molar-refractivity contribution is 0.431. The Morgan fingerprint density at radius 2 is 2.05 bits per heavy atom. The highest BCUT2D eigenvalue weighted by molar-refractivity contribution is 7.89. The van der Waals surface area contributed by atoms with Gasteiger partial charge in [-0.2, -0.15) is 0 Å². The van der Waals surface area contributed by atoms with Crippen LogP contribution in [0.25, 0.3) is 0 Å². The molecule has 112 valence electrons. The van der Waals surface area contributed by atoms with E-state index in [0.717, 1.165) is 31.7 Å². The lowest BCUT2D eigenvalue weighted by Crippen LogP contribution is -2.46. The molecule has 3 N–H and O–H groups in total. The number of hydrogen-bond donors (Lipinski definition) is 2. The Labute approximate surface area is 121 Å². The average molecular weight is 297 g/mol. The van der Waals surface area contributed by atoms with Crippen LogP contribution in [0.2, 0.25) is 0 Å². The van der Waals surface area contributed by atoms with Gasteiger partial charge in [0.15, 0.2) is 0 Å². The third-order valence-electron chi connectivity index (χ3n) is 3.67. The van der Waals surface area contributed by atoms with Crippen molar-refractivity contribution in [3.63, 3.8) is 0 Å². The standard InChI is InChI=1S/C14H23N3O2S/c1-2-10-17(13-4-3-9-16-11-13)12-5-7-14(8-6-12)20(15,18)19/h5-8,13,16H,2-4,9-11H2,1H3,(H2,15,18,19). The van der Waals surface area contributed by atoms with Crippen LogP contribution in [0.4, 0.5) is 5.69 Å². The molecule has 1 aliphatic rings. The molecule has 1 heterocycles. The molecule has 1 unspecified atom stereocenters. The maximum atomic E-state index is 11.3. The molecule has 20 heavy (non-hydrogen) atoms. The van der Waals surface area contributed by atoms with Crippen molar-refractivity contribution in [1.29, 1.82) is 0 Å². The number of benzene rings is 1. The predicted molar refractivity (Wildman–Crippen MR) is 81.3 cm³/mol. The number of primary sulfonamides is 1. The first kappa shape index (κ1) is 15.3. The van der Waals surface area contributed by atoms with Crippen LogP contribution >= 0.6 is 0 Å². The Morgan fingerprint density at radius 1 is 1.35 bits per heavy atom. The summed E-state index contributed by atoms with van der Waals surface area (Å²) in [5.74, 6) is 0. The summed E-state index contributed by atoms with van der Waals surface area (Å²) in [6.45, 7) is 5.20. The number of nitrogens with two attached hydrogens (primary N) is 1. The van der Waals surface area contributed by atoms with E-state index in [1.165, 1.54) is 12.8 Å². The summed E-state index contributed by atoms with van der Waals surface area (Å²) in [6.07, 6.45) is 3.41. The zero-order valence-corrected chi connectivity index (χ0v) is 12.7. The van der Waals surface area contributed by atoms with E-state index >= 15 is 0 Å². The molecule has 1 saturated heterocycles. The van der Waals surface area contributed by atoms with Gasteiger partial charge in [-0.15, -0.1) is 0 Å². The van der Waals surface area contributed by atoms with E-state index in [1.807, 2.05) is 12.1 Å². The van der Waals surface area contributed by atoms with Crippen LogP contribution in [0.15, 0.2) is 29.2 Å². The maximum absolute atomic E-state index is 11.3. The Bertz CT molecular complexity index is 522. The second-order valence-corrected chi connectivity index (χ2v) is 6.79. The number of nitrogens with zero attached hydrogens (tertiary/aromatic N) is 1. The highest BCUT2D eigenvalue weighted by atomic mass is 32.2. The van der Waals surface area contributed by atoms with E-state index in [2.05, 4.69) is 17.1 Å². The molecule has 2 rings (SSSR count). The van der Waals surface area contributed by atoms with E-state index < -0.39 is 10.0 Å². The number of rotatable bonds is 5. The highest BCUT2D eigenvalue weighted by Gasteiger charge is 2.21. The summed E-state index contributed by atoms with van der Waals surface area (Å²) in [5.41, 5.74) is 1.06. The first-order valence-electron chi connectivity index (χ1n) is 7.12. The smallest absolute Gasteiger partial charge is 0.238 e. The Balaban J connectivity index is 2.20. The number of sulfonamides is 1. The van der Waals surface area contributed by atoms with Crippen molar-refractivity contribution < 1.29 is 8.42 Å². The molecular weight excluding hydrogens is 274 g/mol. The molecule has 1 fully saturated rings. The predicted octanol–water partition coefficient (Wildman–Crippen LogP) is 1.30. The van der Waals surface area contributed by atoms with Crippen LogP contribution in [-0.4, -0.2) is 34.1 Å². The molecule has 0 amide bonds. The van der Waals surface area contributed by atoms with Gasteiger partial charge in [0.25, 0.3) is 0 Å². The minimum absolute atomic E-state index is 0.166. The third kappa shape index (κ3) is 3.71. The molecule has 1 aromatic rings. The van der Waals surface area contributed by atoms with E-state index in [9.17, 15) is 8.42 Å². The van der Waals surface area contributed by atoms with Gasteiger partial charge in [0.05, 0.1) is 4.90 Å². The Morgan fingerprint density at radius 3 is 2.55 bits per heavy atom. The van der Waals surface area contributed by atoms with Gasteiger partial charge < -0.3 is 10.2 Å². The molecule has 0 spiro atoms. The van der Waals surface area contributed by atoms with E-state index in [4.69, 9.17) is 5.14 Å². The topological polar surface area (TPSA) is 75.4 Å². The molecule has 1 aliphatic heterocycles. The van der Waals surface area contributed by atoms with Crippen LogP contribution in [0, 0.1) is 0 Å². The number of hydrogen-bond acceptors (Lipinski definition) is 4. The van der Waals surface area contributed by atoms with Crippen molar-refractivity contribution in [3.05, 3.63) is 24.3 Å². The highest BCUT2D eigenvalue weighted by Crippen LogP contribution is 2.22. The Hall–Kier alpha value is -1.11. The number of nitrogens with one attached hydrogen (secondary N) is 1. The largest absolute Gasteiger partial charge is 0.367 e. The lowest BCUT2D eigenvalue weighted by atomic mass is 10.0. The molecule has 0 radical (unpaired) electrons. The number of piperidine rings is 1. The van der Waals surface area contributed by atoms with Gasteiger partial charge in [0, 0.05) is 24.8 Å². The monoisotopic (exact) mass is 297 g/mol. The van der Waals surface area contributed by atoms with Gasteiger partial charge in [-0.3, -0.25) is 0 Å².